The summed E-state index contributed by atoms with van der Waals surface area (Å²) in [7, 11) is 0. The molecule has 4 nitrogen and oxygen atoms in total. The van der Waals surface area contributed by atoms with Crippen LogP contribution < -0.4 is 5.32 Å². The van der Waals surface area contributed by atoms with Gasteiger partial charge in [-0.2, -0.15) is 0 Å². The predicted octanol–water partition coefficient (Wildman–Crippen LogP) is 4.64. The van der Waals surface area contributed by atoms with Crippen molar-refractivity contribution < 1.29 is 9.59 Å². The molecule has 2 amide bonds. The topological polar surface area (TPSA) is 49.4 Å². The van der Waals surface area contributed by atoms with E-state index in [-0.39, 0.29) is 11.8 Å². The van der Waals surface area contributed by atoms with Gasteiger partial charge < -0.3 is 10.2 Å². The van der Waals surface area contributed by atoms with Crippen molar-refractivity contribution in [1.82, 2.24) is 4.90 Å². The van der Waals surface area contributed by atoms with Crippen molar-refractivity contribution in [2.45, 2.75) is 26.4 Å². The van der Waals surface area contributed by atoms with Crippen LogP contribution in [0.4, 0.5) is 5.69 Å². The van der Waals surface area contributed by atoms with Crippen molar-refractivity contribution in [3.05, 3.63) is 101 Å². The molecule has 0 bridgehead atoms. The van der Waals surface area contributed by atoms with E-state index in [4.69, 9.17) is 0 Å². The van der Waals surface area contributed by atoms with E-state index in [0.29, 0.717) is 12.1 Å². The van der Waals surface area contributed by atoms with Crippen LogP contribution in [0, 0.1) is 13.8 Å². The number of carbonyl (C=O) groups is 2. The third-order valence-electron chi connectivity index (χ3n) is 5.16. The van der Waals surface area contributed by atoms with Gasteiger partial charge in [0.25, 0.3) is 11.8 Å². The molecule has 28 heavy (non-hydrogen) atoms. The minimum Gasteiger partial charge on any atom is -0.324 e. The number of amides is 2. The summed E-state index contributed by atoms with van der Waals surface area (Å²) in [5.41, 5.74) is 5.32. The van der Waals surface area contributed by atoms with Gasteiger partial charge >= 0.3 is 0 Å². The van der Waals surface area contributed by atoms with Gasteiger partial charge in [0, 0.05) is 17.8 Å². The molecule has 0 saturated carbocycles. The van der Waals surface area contributed by atoms with Crippen molar-refractivity contribution in [2.75, 3.05) is 5.32 Å². The lowest BCUT2D eigenvalue weighted by Crippen LogP contribution is -2.37. The number of nitrogens with one attached hydrogen (secondary N) is 1. The number of hydrogen-bond acceptors (Lipinski definition) is 2. The summed E-state index contributed by atoms with van der Waals surface area (Å²) in [6, 6.07) is 22.2. The third kappa shape index (κ3) is 3.29. The Hall–Kier alpha value is -3.40. The molecule has 3 aromatic carbocycles. The largest absolute Gasteiger partial charge is 0.324 e. The molecule has 0 aromatic heterocycles. The van der Waals surface area contributed by atoms with E-state index in [2.05, 4.69) is 5.32 Å². The van der Waals surface area contributed by atoms with E-state index in [1.54, 1.807) is 4.90 Å². The molecule has 0 spiro atoms. The predicted molar refractivity (Wildman–Crippen MR) is 110 cm³/mol. The van der Waals surface area contributed by atoms with Gasteiger partial charge in [0.2, 0.25) is 0 Å². The minimum atomic E-state index is -0.693. The lowest BCUT2D eigenvalue weighted by molar-refractivity contribution is -0.120. The van der Waals surface area contributed by atoms with E-state index < -0.39 is 6.04 Å². The molecule has 0 unspecified atom stereocenters. The maximum absolute atomic E-state index is 13.3. The Morgan fingerprint density at radius 1 is 0.964 bits per heavy atom. The second kappa shape index (κ2) is 7.31. The van der Waals surface area contributed by atoms with Crippen LogP contribution in [-0.4, -0.2) is 16.7 Å². The van der Waals surface area contributed by atoms with Gasteiger partial charge in [0.1, 0.15) is 6.04 Å². The number of hydrogen-bond donors (Lipinski definition) is 1. The van der Waals surface area contributed by atoms with E-state index in [1.165, 1.54) is 0 Å². The fraction of sp³-hybridized carbons (Fsp3) is 0.167. The standard InChI is InChI=1S/C24H22N2O2/c1-16-12-13-21(17(2)14-16)25-23(27)22(18-8-4-3-5-9-18)26-15-19-10-6-7-11-20(19)24(26)28/h3-14,22H,15H2,1-2H3,(H,25,27)/t22-/m0/s1. The van der Waals surface area contributed by atoms with Crippen molar-refractivity contribution in [1.29, 1.82) is 0 Å². The Kier molecular flexibility index (Phi) is 4.70. The molecule has 1 aliphatic heterocycles. The molecule has 0 fully saturated rings. The second-order valence-electron chi connectivity index (χ2n) is 7.21. The molecule has 1 heterocycles. The average molecular weight is 370 g/mol. The van der Waals surface area contributed by atoms with Gasteiger partial charge in [0.05, 0.1) is 0 Å². The van der Waals surface area contributed by atoms with Crippen LogP contribution in [-0.2, 0) is 11.3 Å². The van der Waals surface area contributed by atoms with Crippen LogP contribution >= 0.6 is 0 Å². The van der Waals surface area contributed by atoms with Gasteiger partial charge in [-0.25, -0.2) is 0 Å². The molecule has 0 radical (unpaired) electrons. The van der Waals surface area contributed by atoms with E-state index in [1.807, 2.05) is 86.6 Å². The molecule has 0 aliphatic carbocycles. The summed E-state index contributed by atoms with van der Waals surface area (Å²) in [4.78, 5) is 28.0. The monoisotopic (exact) mass is 370 g/mol. The van der Waals surface area contributed by atoms with Crippen molar-refractivity contribution in [3.63, 3.8) is 0 Å². The Balaban J connectivity index is 1.69. The smallest absolute Gasteiger partial charge is 0.255 e. The number of nitrogens with zero attached hydrogens (tertiary/aromatic N) is 1. The maximum Gasteiger partial charge on any atom is 0.255 e. The molecule has 1 atom stereocenters. The normalized spacial score (nSPS) is 13.9. The van der Waals surface area contributed by atoms with Gasteiger partial charge in [-0.1, -0.05) is 66.2 Å². The van der Waals surface area contributed by atoms with Crippen LogP contribution in [0.1, 0.15) is 38.7 Å². The highest BCUT2D eigenvalue weighted by Crippen LogP contribution is 2.32. The summed E-state index contributed by atoms with van der Waals surface area (Å²) < 4.78 is 0. The van der Waals surface area contributed by atoms with Crippen molar-refractivity contribution >= 4 is 17.5 Å². The molecule has 1 aliphatic rings. The Morgan fingerprint density at radius 2 is 1.68 bits per heavy atom. The molecule has 1 N–H and O–H groups in total. The first-order valence-corrected chi connectivity index (χ1v) is 9.36. The zero-order valence-electron chi connectivity index (χ0n) is 16.0. The fourth-order valence-electron chi connectivity index (χ4n) is 3.75. The van der Waals surface area contributed by atoms with E-state index >= 15 is 0 Å². The third-order valence-corrected chi connectivity index (χ3v) is 5.16. The first kappa shape index (κ1) is 18.0. The minimum absolute atomic E-state index is 0.111. The summed E-state index contributed by atoms with van der Waals surface area (Å²) in [6.45, 7) is 4.41. The number of fused-ring (bicyclic) bond motifs is 1. The molecule has 140 valence electrons. The second-order valence-corrected chi connectivity index (χ2v) is 7.21. The van der Waals surface area contributed by atoms with E-state index in [0.717, 1.165) is 27.9 Å². The highest BCUT2D eigenvalue weighted by atomic mass is 16.2. The highest BCUT2D eigenvalue weighted by Gasteiger charge is 2.37. The lowest BCUT2D eigenvalue weighted by atomic mass is 10.0. The summed E-state index contributed by atoms with van der Waals surface area (Å²) in [5, 5.41) is 3.03. The van der Waals surface area contributed by atoms with E-state index in [9.17, 15) is 9.59 Å². The molecular formula is C24H22N2O2. The van der Waals surface area contributed by atoms with Crippen LogP contribution in [0.15, 0.2) is 72.8 Å². The Labute approximate surface area is 164 Å². The molecular weight excluding hydrogens is 348 g/mol. The zero-order valence-corrected chi connectivity index (χ0v) is 16.0. The van der Waals surface area contributed by atoms with Crippen LogP contribution in [0.25, 0.3) is 0 Å². The van der Waals surface area contributed by atoms with Gasteiger partial charge in [-0.15, -0.1) is 0 Å². The Morgan fingerprint density at radius 3 is 2.39 bits per heavy atom. The number of carbonyl (C=O) groups excluding carboxylic acids is 2. The number of rotatable bonds is 4. The van der Waals surface area contributed by atoms with Crippen molar-refractivity contribution in [2.24, 2.45) is 0 Å². The summed E-state index contributed by atoms with van der Waals surface area (Å²) in [5.74, 6) is -0.320. The number of anilines is 1. The molecule has 4 rings (SSSR count). The quantitative estimate of drug-likeness (QED) is 0.727. The van der Waals surface area contributed by atoms with Crippen molar-refractivity contribution in [3.8, 4) is 0 Å². The Bertz CT molecular complexity index is 1040. The zero-order chi connectivity index (χ0) is 19.7. The SMILES string of the molecule is Cc1ccc(NC(=O)[C@H](c2ccccc2)N2Cc3ccccc3C2=O)c(C)c1. The van der Waals surface area contributed by atoms with Crippen LogP contribution in [0.2, 0.25) is 0 Å². The van der Waals surface area contributed by atoms with Crippen LogP contribution in [0.5, 0.6) is 0 Å². The van der Waals surface area contributed by atoms with Gasteiger partial charge in [0.15, 0.2) is 0 Å². The molecule has 0 saturated heterocycles. The first-order valence-electron chi connectivity index (χ1n) is 9.36. The summed E-state index contributed by atoms with van der Waals surface area (Å²) in [6.07, 6.45) is 0. The molecule has 4 heteroatoms. The first-order chi connectivity index (χ1) is 13.5. The van der Waals surface area contributed by atoms with Gasteiger partial charge in [-0.05, 0) is 42.7 Å². The summed E-state index contributed by atoms with van der Waals surface area (Å²) >= 11 is 0. The molecule has 3 aromatic rings. The number of aryl methyl sites for hydroxylation is 2. The maximum atomic E-state index is 13.3. The van der Waals surface area contributed by atoms with Crippen LogP contribution in [0.3, 0.4) is 0 Å². The lowest BCUT2D eigenvalue weighted by Gasteiger charge is -2.27. The fourth-order valence-corrected chi connectivity index (χ4v) is 3.75. The average Bonchev–Trinajstić information content (AvgIpc) is 3.02. The highest BCUT2D eigenvalue weighted by molar-refractivity contribution is 6.04. The number of benzene rings is 3. The van der Waals surface area contributed by atoms with Gasteiger partial charge in [-0.3, -0.25) is 9.59 Å².